The standard InChI is InChI=1S/C18H22N4O3/c23-17(5-4-10-22-13-19-12-20-22)21-14-6-7-15-16(11-14)25-18(24-15)8-2-1-3-9-18/h6-7,11-13H,1-5,8-10H2,(H,21,23). The Hall–Kier alpha value is -2.57. The summed E-state index contributed by atoms with van der Waals surface area (Å²) in [6.07, 6.45) is 9.62. The first-order chi connectivity index (χ1) is 12.2. The van der Waals surface area contributed by atoms with Crippen molar-refractivity contribution in [2.24, 2.45) is 0 Å². The van der Waals surface area contributed by atoms with E-state index in [-0.39, 0.29) is 5.91 Å². The molecule has 0 unspecified atom stereocenters. The Kier molecular flexibility index (Phi) is 4.29. The van der Waals surface area contributed by atoms with Crippen molar-refractivity contribution in [1.82, 2.24) is 14.8 Å². The van der Waals surface area contributed by atoms with E-state index in [2.05, 4.69) is 15.4 Å². The van der Waals surface area contributed by atoms with Gasteiger partial charge in [-0.15, -0.1) is 0 Å². The van der Waals surface area contributed by atoms with E-state index in [1.807, 2.05) is 18.2 Å². The average Bonchev–Trinajstić information content (AvgIpc) is 3.22. The smallest absolute Gasteiger partial charge is 0.251 e. The van der Waals surface area contributed by atoms with Gasteiger partial charge in [-0.05, 0) is 31.4 Å². The van der Waals surface area contributed by atoms with Crippen LogP contribution < -0.4 is 14.8 Å². The normalized spacial score (nSPS) is 17.6. The number of hydrogen-bond donors (Lipinski definition) is 1. The Morgan fingerprint density at radius 3 is 2.84 bits per heavy atom. The quantitative estimate of drug-likeness (QED) is 0.903. The van der Waals surface area contributed by atoms with Crippen LogP contribution in [0.25, 0.3) is 0 Å². The number of amides is 1. The molecule has 25 heavy (non-hydrogen) atoms. The van der Waals surface area contributed by atoms with Crippen LogP contribution in [0.1, 0.15) is 44.9 Å². The minimum absolute atomic E-state index is 0.0219. The molecule has 2 heterocycles. The van der Waals surface area contributed by atoms with Crippen molar-refractivity contribution in [3.8, 4) is 11.5 Å². The first-order valence-corrected chi connectivity index (χ1v) is 8.87. The summed E-state index contributed by atoms with van der Waals surface area (Å²) in [6, 6.07) is 5.59. The molecule has 1 spiro atoms. The van der Waals surface area contributed by atoms with Gasteiger partial charge in [-0.2, -0.15) is 5.10 Å². The van der Waals surface area contributed by atoms with Crippen LogP contribution in [0.3, 0.4) is 0 Å². The van der Waals surface area contributed by atoms with Gasteiger partial charge in [0.2, 0.25) is 5.91 Å². The van der Waals surface area contributed by atoms with Gasteiger partial charge in [0, 0.05) is 37.6 Å². The maximum atomic E-state index is 12.1. The predicted molar refractivity (Wildman–Crippen MR) is 91.4 cm³/mol. The second kappa shape index (κ2) is 6.74. The lowest BCUT2D eigenvalue weighted by molar-refractivity contribution is -0.116. The fourth-order valence-corrected chi connectivity index (χ4v) is 3.44. The molecule has 4 rings (SSSR count). The van der Waals surface area contributed by atoms with Crippen molar-refractivity contribution in [2.75, 3.05) is 5.32 Å². The van der Waals surface area contributed by atoms with Crippen LogP contribution in [0, 0.1) is 0 Å². The molecule has 1 aromatic heterocycles. The zero-order valence-corrected chi connectivity index (χ0v) is 14.1. The van der Waals surface area contributed by atoms with Gasteiger partial charge in [0.1, 0.15) is 12.7 Å². The number of rotatable bonds is 5. The summed E-state index contributed by atoms with van der Waals surface area (Å²) in [5.41, 5.74) is 0.737. The van der Waals surface area contributed by atoms with Gasteiger partial charge in [-0.3, -0.25) is 9.48 Å². The van der Waals surface area contributed by atoms with E-state index in [1.54, 1.807) is 11.0 Å². The van der Waals surface area contributed by atoms with Gasteiger partial charge >= 0.3 is 0 Å². The number of fused-ring (bicyclic) bond motifs is 1. The van der Waals surface area contributed by atoms with Crippen molar-refractivity contribution in [3.05, 3.63) is 30.9 Å². The van der Waals surface area contributed by atoms with Gasteiger partial charge in [0.25, 0.3) is 5.79 Å². The Balaban J connectivity index is 1.32. The molecule has 0 radical (unpaired) electrons. The third-order valence-electron chi connectivity index (χ3n) is 4.69. The highest BCUT2D eigenvalue weighted by molar-refractivity contribution is 5.91. The summed E-state index contributed by atoms with van der Waals surface area (Å²) >= 11 is 0. The molecule has 2 aliphatic rings. The average molecular weight is 342 g/mol. The molecule has 1 saturated carbocycles. The minimum atomic E-state index is -0.485. The Morgan fingerprint density at radius 1 is 1.20 bits per heavy atom. The third-order valence-corrected chi connectivity index (χ3v) is 4.69. The van der Waals surface area contributed by atoms with E-state index in [1.165, 1.54) is 12.7 Å². The van der Waals surface area contributed by atoms with Crippen LogP contribution in [0.15, 0.2) is 30.9 Å². The molecular formula is C18H22N4O3. The zero-order valence-electron chi connectivity index (χ0n) is 14.1. The molecule has 0 atom stereocenters. The number of carbonyl (C=O) groups is 1. The summed E-state index contributed by atoms with van der Waals surface area (Å²) in [7, 11) is 0. The second-order valence-corrected chi connectivity index (χ2v) is 6.65. The van der Waals surface area contributed by atoms with Gasteiger partial charge < -0.3 is 14.8 Å². The monoisotopic (exact) mass is 342 g/mol. The van der Waals surface area contributed by atoms with E-state index in [4.69, 9.17) is 9.47 Å². The Bertz CT molecular complexity index is 739. The van der Waals surface area contributed by atoms with Crippen LogP contribution in [0.4, 0.5) is 5.69 Å². The first kappa shape index (κ1) is 15.9. The van der Waals surface area contributed by atoms with E-state index in [9.17, 15) is 4.79 Å². The summed E-state index contributed by atoms with van der Waals surface area (Å²) < 4.78 is 13.9. The molecule has 1 aliphatic carbocycles. The van der Waals surface area contributed by atoms with Crippen molar-refractivity contribution in [3.63, 3.8) is 0 Å². The van der Waals surface area contributed by atoms with Gasteiger partial charge in [0.05, 0.1) is 0 Å². The molecule has 1 N–H and O–H groups in total. The van der Waals surface area contributed by atoms with Crippen molar-refractivity contribution in [2.45, 2.75) is 57.3 Å². The maximum Gasteiger partial charge on any atom is 0.251 e. The number of nitrogens with one attached hydrogen (secondary N) is 1. The van der Waals surface area contributed by atoms with E-state index >= 15 is 0 Å². The summed E-state index contributed by atoms with van der Waals surface area (Å²) in [5.74, 6) is 0.987. The van der Waals surface area contributed by atoms with Crippen LogP contribution in [-0.2, 0) is 11.3 Å². The number of carbonyl (C=O) groups excluding carboxylic acids is 1. The molecule has 132 valence electrons. The van der Waals surface area contributed by atoms with Crippen molar-refractivity contribution in [1.29, 1.82) is 0 Å². The molecular weight excluding hydrogens is 320 g/mol. The molecule has 7 heteroatoms. The molecule has 7 nitrogen and oxygen atoms in total. The summed E-state index contributed by atoms with van der Waals surface area (Å²) in [5, 5.41) is 6.94. The molecule has 0 saturated heterocycles. The lowest BCUT2D eigenvalue weighted by Gasteiger charge is -2.31. The van der Waals surface area contributed by atoms with E-state index in [0.717, 1.165) is 42.9 Å². The van der Waals surface area contributed by atoms with Gasteiger partial charge in [-0.1, -0.05) is 6.42 Å². The van der Waals surface area contributed by atoms with E-state index < -0.39 is 5.79 Å². The molecule has 1 amide bonds. The molecule has 0 bridgehead atoms. The SMILES string of the molecule is O=C(CCCn1cncn1)Nc1ccc2c(c1)OC1(CCCCC1)O2. The number of benzene rings is 1. The lowest BCUT2D eigenvalue weighted by atomic mass is 9.94. The summed E-state index contributed by atoms with van der Waals surface area (Å²) in [4.78, 5) is 16.0. The predicted octanol–water partition coefficient (Wildman–Crippen LogP) is 3.13. The summed E-state index contributed by atoms with van der Waals surface area (Å²) in [6.45, 7) is 0.678. The Morgan fingerprint density at radius 2 is 2.04 bits per heavy atom. The van der Waals surface area contributed by atoms with Crippen LogP contribution >= 0.6 is 0 Å². The largest absolute Gasteiger partial charge is 0.448 e. The first-order valence-electron chi connectivity index (χ1n) is 8.87. The Labute approximate surface area is 146 Å². The number of aromatic nitrogens is 3. The number of aryl methyl sites for hydroxylation is 1. The highest BCUT2D eigenvalue weighted by Gasteiger charge is 2.42. The van der Waals surface area contributed by atoms with Crippen molar-refractivity contribution < 1.29 is 14.3 Å². The molecule has 1 aliphatic heterocycles. The molecule has 1 aromatic carbocycles. The van der Waals surface area contributed by atoms with Gasteiger partial charge in [0.15, 0.2) is 11.5 Å². The number of ether oxygens (including phenoxy) is 2. The van der Waals surface area contributed by atoms with Gasteiger partial charge in [-0.25, -0.2) is 4.98 Å². The van der Waals surface area contributed by atoms with E-state index in [0.29, 0.717) is 19.4 Å². The molecule has 2 aromatic rings. The minimum Gasteiger partial charge on any atom is -0.448 e. The zero-order chi connectivity index (χ0) is 17.1. The van der Waals surface area contributed by atoms with Crippen LogP contribution in [0.2, 0.25) is 0 Å². The lowest BCUT2D eigenvalue weighted by Crippen LogP contribution is -2.40. The maximum absolute atomic E-state index is 12.1. The highest BCUT2D eigenvalue weighted by atomic mass is 16.7. The fourth-order valence-electron chi connectivity index (χ4n) is 3.44. The number of hydrogen-bond acceptors (Lipinski definition) is 5. The van der Waals surface area contributed by atoms with Crippen LogP contribution in [0.5, 0.6) is 11.5 Å². The number of nitrogens with zero attached hydrogens (tertiary/aromatic N) is 3. The third kappa shape index (κ3) is 3.60. The topological polar surface area (TPSA) is 78.3 Å². The second-order valence-electron chi connectivity index (χ2n) is 6.65. The number of anilines is 1. The highest BCUT2D eigenvalue weighted by Crippen LogP contribution is 2.46. The molecule has 1 fully saturated rings. The fraction of sp³-hybridized carbons (Fsp3) is 0.500. The van der Waals surface area contributed by atoms with Crippen LogP contribution in [-0.4, -0.2) is 26.5 Å². The van der Waals surface area contributed by atoms with Crippen molar-refractivity contribution >= 4 is 11.6 Å².